The Kier molecular flexibility index (Phi) is 4.14. The molecular formula is C12H20N4O. The van der Waals surface area contributed by atoms with Gasteiger partial charge in [0.05, 0.1) is 0 Å². The van der Waals surface area contributed by atoms with E-state index in [1.807, 2.05) is 0 Å². The van der Waals surface area contributed by atoms with E-state index < -0.39 is 0 Å². The van der Waals surface area contributed by atoms with Crippen molar-refractivity contribution in [3.63, 3.8) is 0 Å². The SMILES string of the molecule is NC1CCCC(C(=O)NCCc2ncc[nH]2)C1. The van der Waals surface area contributed by atoms with E-state index >= 15 is 0 Å². The van der Waals surface area contributed by atoms with Gasteiger partial charge in [-0.15, -0.1) is 0 Å². The molecule has 1 fully saturated rings. The van der Waals surface area contributed by atoms with Crippen molar-refractivity contribution in [3.05, 3.63) is 18.2 Å². The molecule has 94 valence electrons. The summed E-state index contributed by atoms with van der Waals surface area (Å²) in [6.45, 7) is 0.637. The second kappa shape index (κ2) is 5.82. The third-order valence-corrected chi connectivity index (χ3v) is 3.30. The molecule has 5 nitrogen and oxygen atoms in total. The molecule has 0 spiro atoms. The minimum Gasteiger partial charge on any atom is -0.355 e. The number of hydrogen-bond donors (Lipinski definition) is 3. The minimum atomic E-state index is 0.107. The summed E-state index contributed by atoms with van der Waals surface area (Å²) in [5, 5.41) is 2.96. The molecule has 0 bridgehead atoms. The third-order valence-electron chi connectivity index (χ3n) is 3.30. The lowest BCUT2D eigenvalue weighted by molar-refractivity contribution is -0.126. The first-order valence-corrected chi connectivity index (χ1v) is 6.27. The topological polar surface area (TPSA) is 83.8 Å². The number of hydrogen-bond acceptors (Lipinski definition) is 3. The number of rotatable bonds is 4. The largest absolute Gasteiger partial charge is 0.355 e. The van der Waals surface area contributed by atoms with Crippen LogP contribution in [-0.2, 0) is 11.2 Å². The van der Waals surface area contributed by atoms with Crippen LogP contribution in [0.25, 0.3) is 0 Å². The van der Waals surface area contributed by atoms with Gasteiger partial charge < -0.3 is 16.0 Å². The fourth-order valence-electron chi connectivity index (χ4n) is 2.35. The smallest absolute Gasteiger partial charge is 0.223 e. The highest BCUT2D eigenvalue weighted by Crippen LogP contribution is 2.22. The van der Waals surface area contributed by atoms with Gasteiger partial charge in [-0.05, 0) is 19.3 Å². The first kappa shape index (κ1) is 12.1. The Balaban J connectivity index is 1.70. The molecule has 1 aliphatic carbocycles. The van der Waals surface area contributed by atoms with E-state index in [1.54, 1.807) is 12.4 Å². The minimum absolute atomic E-state index is 0.107. The van der Waals surface area contributed by atoms with Gasteiger partial charge in [0.2, 0.25) is 5.91 Å². The maximum atomic E-state index is 11.9. The maximum absolute atomic E-state index is 11.9. The Morgan fingerprint density at radius 3 is 3.18 bits per heavy atom. The van der Waals surface area contributed by atoms with Crippen LogP contribution in [0.2, 0.25) is 0 Å². The van der Waals surface area contributed by atoms with Crippen LogP contribution in [-0.4, -0.2) is 28.5 Å². The van der Waals surface area contributed by atoms with Crippen LogP contribution in [0.4, 0.5) is 0 Å². The molecule has 1 aromatic rings. The van der Waals surface area contributed by atoms with Gasteiger partial charge in [-0.25, -0.2) is 4.98 Å². The fourth-order valence-corrected chi connectivity index (χ4v) is 2.35. The quantitative estimate of drug-likeness (QED) is 0.715. The zero-order valence-electron chi connectivity index (χ0n) is 9.98. The lowest BCUT2D eigenvalue weighted by atomic mass is 9.85. The van der Waals surface area contributed by atoms with Crippen molar-refractivity contribution in [2.45, 2.75) is 38.1 Å². The van der Waals surface area contributed by atoms with Gasteiger partial charge in [0.15, 0.2) is 0 Å². The molecule has 2 unspecified atom stereocenters. The van der Waals surface area contributed by atoms with Crippen molar-refractivity contribution in [1.82, 2.24) is 15.3 Å². The number of carbonyl (C=O) groups excluding carboxylic acids is 1. The van der Waals surface area contributed by atoms with E-state index in [4.69, 9.17) is 5.73 Å². The van der Waals surface area contributed by atoms with Gasteiger partial charge in [0.25, 0.3) is 0 Å². The second-order valence-corrected chi connectivity index (χ2v) is 4.70. The molecule has 0 saturated heterocycles. The summed E-state index contributed by atoms with van der Waals surface area (Å²) in [6, 6.07) is 0.199. The zero-order chi connectivity index (χ0) is 12.1. The Labute approximate surface area is 101 Å². The van der Waals surface area contributed by atoms with Crippen molar-refractivity contribution >= 4 is 5.91 Å². The standard InChI is InChI=1S/C12H20N4O/c13-10-3-1-2-9(8-10)12(17)16-5-4-11-14-6-7-15-11/h6-7,9-10H,1-5,8,13H2,(H,14,15)(H,16,17). The van der Waals surface area contributed by atoms with E-state index in [0.717, 1.165) is 37.9 Å². The van der Waals surface area contributed by atoms with Crippen LogP contribution in [0.1, 0.15) is 31.5 Å². The van der Waals surface area contributed by atoms with E-state index in [9.17, 15) is 4.79 Å². The van der Waals surface area contributed by atoms with Gasteiger partial charge >= 0.3 is 0 Å². The summed E-state index contributed by atoms with van der Waals surface area (Å²) in [5.41, 5.74) is 5.87. The number of nitrogens with one attached hydrogen (secondary N) is 2. The normalized spacial score (nSPS) is 24.5. The summed E-state index contributed by atoms with van der Waals surface area (Å²) in [4.78, 5) is 19.0. The number of aromatic amines is 1. The molecule has 1 saturated carbocycles. The lowest BCUT2D eigenvalue weighted by Gasteiger charge is -2.25. The fraction of sp³-hybridized carbons (Fsp3) is 0.667. The average Bonchev–Trinajstić information content (AvgIpc) is 2.82. The molecule has 0 radical (unpaired) electrons. The number of imidazole rings is 1. The summed E-state index contributed by atoms with van der Waals surface area (Å²) >= 11 is 0. The third kappa shape index (κ3) is 3.56. The summed E-state index contributed by atoms with van der Waals surface area (Å²) < 4.78 is 0. The van der Waals surface area contributed by atoms with Gasteiger partial charge in [-0.3, -0.25) is 4.79 Å². The molecule has 2 atom stereocenters. The Morgan fingerprint density at radius 2 is 2.47 bits per heavy atom. The second-order valence-electron chi connectivity index (χ2n) is 4.70. The van der Waals surface area contributed by atoms with Crippen LogP contribution >= 0.6 is 0 Å². The first-order chi connectivity index (χ1) is 8.25. The molecular weight excluding hydrogens is 216 g/mol. The summed E-state index contributed by atoms with van der Waals surface area (Å²) in [7, 11) is 0. The zero-order valence-corrected chi connectivity index (χ0v) is 9.98. The average molecular weight is 236 g/mol. The van der Waals surface area contributed by atoms with Crippen LogP contribution in [0.3, 0.4) is 0 Å². The van der Waals surface area contributed by atoms with Gasteiger partial charge in [0, 0.05) is 37.3 Å². The van der Waals surface area contributed by atoms with Crippen LogP contribution < -0.4 is 11.1 Å². The molecule has 1 aromatic heterocycles. The monoisotopic (exact) mass is 236 g/mol. The maximum Gasteiger partial charge on any atom is 0.223 e. The molecule has 1 amide bonds. The first-order valence-electron chi connectivity index (χ1n) is 6.27. The van der Waals surface area contributed by atoms with E-state index in [0.29, 0.717) is 6.54 Å². The van der Waals surface area contributed by atoms with Crippen molar-refractivity contribution in [1.29, 1.82) is 0 Å². The number of nitrogens with zero attached hydrogens (tertiary/aromatic N) is 1. The number of amides is 1. The predicted molar refractivity (Wildman–Crippen MR) is 65.2 cm³/mol. The molecule has 0 aliphatic heterocycles. The molecule has 2 rings (SSSR count). The Hall–Kier alpha value is -1.36. The highest BCUT2D eigenvalue weighted by molar-refractivity contribution is 5.78. The van der Waals surface area contributed by atoms with Crippen LogP contribution in [0.15, 0.2) is 12.4 Å². The number of nitrogens with two attached hydrogens (primary N) is 1. The summed E-state index contributed by atoms with van der Waals surface area (Å²) in [5.74, 6) is 1.16. The lowest BCUT2D eigenvalue weighted by Crippen LogP contribution is -2.38. The highest BCUT2D eigenvalue weighted by atomic mass is 16.1. The molecule has 17 heavy (non-hydrogen) atoms. The molecule has 0 aromatic carbocycles. The van der Waals surface area contributed by atoms with Crippen molar-refractivity contribution in [2.75, 3.05) is 6.54 Å². The van der Waals surface area contributed by atoms with Crippen molar-refractivity contribution < 1.29 is 4.79 Å². The summed E-state index contributed by atoms with van der Waals surface area (Å²) in [6.07, 6.45) is 8.17. The van der Waals surface area contributed by atoms with E-state index in [2.05, 4.69) is 15.3 Å². The van der Waals surface area contributed by atoms with E-state index in [1.165, 1.54) is 0 Å². The number of H-pyrrole nitrogens is 1. The highest BCUT2D eigenvalue weighted by Gasteiger charge is 2.24. The van der Waals surface area contributed by atoms with Crippen molar-refractivity contribution in [2.24, 2.45) is 11.7 Å². The molecule has 1 aliphatic rings. The van der Waals surface area contributed by atoms with Crippen molar-refractivity contribution in [3.8, 4) is 0 Å². The van der Waals surface area contributed by atoms with Gasteiger partial charge in [-0.1, -0.05) is 6.42 Å². The molecule has 1 heterocycles. The van der Waals surface area contributed by atoms with Crippen LogP contribution in [0, 0.1) is 5.92 Å². The molecule has 4 N–H and O–H groups in total. The molecule has 5 heteroatoms. The predicted octanol–water partition coefficient (Wildman–Crippen LogP) is 0.586. The number of carbonyl (C=O) groups is 1. The van der Waals surface area contributed by atoms with Gasteiger partial charge in [0.1, 0.15) is 5.82 Å². The van der Waals surface area contributed by atoms with Gasteiger partial charge in [-0.2, -0.15) is 0 Å². The Bertz CT molecular complexity index is 349. The number of aromatic nitrogens is 2. The van der Waals surface area contributed by atoms with Crippen LogP contribution in [0.5, 0.6) is 0 Å². The van der Waals surface area contributed by atoms with E-state index in [-0.39, 0.29) is 17.9 Å². The Morgan fingerprint density at radius 1 is 1.59 bits per heavy atom.